The zero-order valence-corrected chi connectivity index (χ0v) is 19.7. The largest absolute Gasteiger partial charge is 0.369 e. The van der Waals surface area contributed by atoms with Crippen LogP contribution in [0.5, 0.6) is 0 Å². The van der Waals surface area contributed by atoms with Crippen molar-refractivity contribution in [3.8, 4) is 0 Å². The lowest BCUT2D eigenvalue weighted by atomic mass is 10.1. The monoisotopic (exact) mass is 467 g/mol. The zero-order valence-electron chi connectivity index (χ0n) is 18.9. The van der Waals surface area contributed by atoms with Crippen molar-refractivity contribution in [2.45, 2.75) is 33.6 Å². The second-order valence-electron chi connectivity index (χ2n) is 8.44. The van der Waals surface area contributed by atoms with E-state index in [1.165, 1.54) is 12.1 Å². The minimum Gasteiger partial charge on any atom is -0.369 e. The molecule has 0 spiro atoms. The van der Waals surface area contributed by atoms with Gasteiger partial charge in [-0.3, -0.25) is 19.3 Å². The highest BCUT2D eigenvalue weighted by Crippen LogP contribution is 2.34. The fourth-order valence-corrected chi connectivity index (χ4v) is 4.98. The minimum atomic E-state index is -0.551. The molecule has 0 aromatic heterocycles. The quantitative estimate of drug-likeness (QED) is 0.625. The molecule has 0 unspecified atom stereocenters. The number of carbonyl (C=O) groups is 3. The summed E-state index contributed by atoms with van der Waals surface area (Å²) < 4.78 is 14.8. The lowest BCUT2D eigenvalue weighted by Crippen LogP contribution is -2.36. The molecule has 2 fully saturated rings. The second kappa shape index (κ2) is 9.39. The van der Waals surface area contributed by atoms with E-state index in [2.05, 4.69) is 5.32 Å². The lowest BCUT2D eigenvalue weighted by Gasteiger charge is -2.19. The SMILES string of the molecule is Cc1cc(N2CCCC2)c(F)cc1/C=C1\SC(=O)N(CC(=O)Nc2c(C)cccc2C)C1=O. The van der Waals surface area contributed by atoms with Gasteiger partial charge in [-0.15, -0.1) is 0 Å². The normalized spacial score (nSPS) is 17.4. The Balaban J connectivity index is 1.50. The fraction of sp³-hybridized carbons (Fsp3) is 0.320. The van der Waals surface area contributed by atoms with Crippen molar-refractivity contribution in [1.29, 1.82) is 0 Å². The first-order valence-corrected chi connectivity index (χ1v) is 11.7. The number of para-hydroxylation sites is 1. The van der Waals surface area contributed by atoms with Gasteiger partial charge in [-0.25, -0.2) is 4.39 Å². The zero-order chi connectivity index (χ0) is 23.7. The van der Waals surface area contributed by atoms with Crippen LogP contribution in [0.1, 0.15) is 35.1 Å². The van der Waals surface area contributed by atoms with E-state index in [0.717, 1.165) is 59.3 Å². The number of nitrogens with zero attached hydrogens (tertiary/aromatic N) is 2. The van der Waals surface area contributed by atoms with Crippen LogP contribution in [-0.2, 0) is 9.59 Å². The van der Waals surface area contributed by atoms with Gasteiger partial charge < -0.3 is 10.2 Å². The van der Waals surface area contributed by atoms with Crippen molar-refractivity contribution in [1.82, 2.24) is 4.90 Å². The van der Waals surface area contributed by atoms with Crippen molar-refractivity contribution in [2.24, 2.45) is 0 Å². The average Bonchev–Trinajstić information content (AvgIpc) is 3.38. The molecular weight excluding hydrogens is 441 g/mol. The maximum absolute atomic E-state index is 14.8. The molecule has 0 saturated carbocycles. The van der Waals surface area contributed by atoms with Gasteiger partial charge in [0.25, 0.3) is 11.1 Å². The van der Waals surface area contributed by atoms with E-state index < -0.39 is 17.1 Å². The van der Waals surface area contributed by atoms with Gasteiger partial charge in [0.15, 0.2) is 0 Å². The molecule has 2 aromatic carbocycles. The number of amides is 3. The topological polar surface area (TPSA) is 69.7 Å². The maximum Gasteiger partial charge on any atom is 0.294 e. The van der Waals surface area contributed by atoms with Crippen molar-refractivity contribution in [3.05, 3.63) is 63.3 Å². The first-order valence-electron chi connectivity index (χ1n) is 10.9. The Morgan fingerprint density at radius 1 is 1.09 bits per heavy atom. The molecule has 0 atom stereocenters. The lowest BCUT2D eigenvalue weighted by molar-refractivity contribution is -0.127. The molecule has 0 bridgehead atoms. The molecule has 6 nitrogen and oxygen atoms in total. The van der Waals surface area contributed by atoms with Crippen LogP contribution in [0.25, 0.3) is 6.08 Å². The number of rotatable bonds is 5. The molecule has 2 aromatic rings. The summed E-state index contributed by atoms with van der Waals surface area (Å²) in [5.74, 6) is -1.35. The van der Waals surface area contributed by atoms with Gasteiger partial charge in [-0.05, 0) is 85.8 Å². The van der Waals surface area contributed by atoms with Crippen LogP contribution in [0.2, 0.25) is 0 Å². The molecule has 0 aliphatic carbocycles. The number of imide groups is 1. The summed E-state index contributed by atoms with van der Waals surface area (Å²) in [5.41, 5.74) is 4.39. The maximum atomic E-state index is 14.8. The number of thioether (sulfide) groups is 1. The molecule has 2 saturated heterocycles. The molecule has 1 N–H and O–H groups in total. The first kappa shape index (κ1) is 23.0. The standard InChI is InChI=1S/C25H26FN3O3S/c1-15-7-6-8-16(2)23(15)27-22(30)14-29-24(31)21(33-25(29)32)13-18-12-19(26)20(11-17(18)3)28-9-4-5-10-28/h6-8,11-13H,4-5,9-10,14H2,1-3H3,(H,27,30)/b21-13-. The van der Waals surface area contributed by atoms with Crippen molar-refractivity contribution in [3.63, 3.8) is 0 Å². The Bertz CT molecular complexity index is 1150. The van der Waals surface area contributed by atoms with E-state index in [9.17, 15) is 18.8 Å². The Kier molecular flexibility index (Phi) is 6.56. The Morgan fingerprint density at radius 3 is 2.42 bits per heavy atom. The third-order valence-corrected chi connectivity index (χ3v) is 6.90. The second-order valence-corrected chi connectivity index (χ2v) is 9.43. The molecular formula is C25H26FN3O3S. The highest BCUT2D eigenvalue weighted by molar-refractivity contribution is 8.18. The van der Waals surface area contributed by atoms with Crippen LogP contribution >= 0.6 is 11.8 Å². The number of hydrogen-bond donors (Lipinski definition) is 1. The first-order chi connectivity index (χ1) is 15.7. The van der Waals surface area contributed by atoms with Gasteiger partial charge in [0.05, 0.1) is 10.6 Å². The molecule has 172 valence electrons. The number of anilines is 2. The predicted molar refractivity (Wildman–Crippen MR) is 130 cm³/mol. The predicted octanol–water partition coefficient (Wildman–Crippen LogP) is 5.03. The van der Waals surface area contributed by atoms with Crippen molar-refractivity contribution >= 4 is 46.3 Å². The number of carbonyl (C=O) groups excluding carboxylic acids is 3. The van der Waals surface area contributed by atoms with Crippen LogP contribution in [0.4, 0.5) is 20.6 Å². The van der Waals surface area contributed by atoms with E-state index in [-0.39, 0.29) is 17.3 Å². The van der Waals surface area contributed by atoms with Gasteiger partial charge >= 0.3 is 0 Å². The third kappa shape index (κ3) is 4.80. The fourth-order valence-electron chi connectivity index (χ4n) is 4.15. The van der Waals surface area contributed by atoms with Crippen molar-refractivity contribution in [2.75, 3.05) is 29.9 Å². The molecule has 2 aliphatic heterocycles. The Hall–Kier alpha value is -3.13. The number of benzene rings is 2. The highest BCUT2D eigenvalue weighted by atomic mass is 32.2. The van der Waals surface area contributed by atoms with Crippen LogP contribution in [-0.4, -0.2) is 41.6 Å². The summed E-state index contributed by atoms with van der Waals surface area (Å²) in [6.45, 7) is 6.89. The minimum absolute atomic E-state index is 0.177. The molecule has 2 heterocycles. The molecule has 3 amide bonds. The van der Waals surface area contributed by atoms with Gasteiger partial charge in [0.2, 0.25) is 5.91 Å². The number of aryl methyl sites for hydroxylation is 3. The van der Waals surface area contributed by atoms with Gasteiger partial charge in [0.1, 0.15) is 12.4 Å². The smallest absolute Gasteiger partial charge is 0.294 e. The molecule has 2 aliphatic rings. The summed E-state index contributed by atoms with van der Waals surface area (Å²) >= 11 is 0.761. The average molecular weight is 468 g/mol. The van der Waals surface area contributed by atoms with Crippen LogP contribution in [0.3, 0.4) is 0 Å². The summed E-state index contributed by atoms with van der Waals surface area (Å²) in [6.07, 6.45) is 3.62. The number of halogens is 1. The third-order valence-electron chi connectivity index (χ3n) is 5.99. The van der Waals surface area contributed by atoms with Crippen LogP contribution in [0.15, 0.2) is 35.2 Å². The molecule has 0 radical (unpaired) electrons. The van der Waals surface area contributed by atoms with Gasteiger partial charge in [0, 0.05) is 18.8 Å². The molecule has 8 heteroatoms. The van der Waals surface area contributed by atoms with Gasteiger partial charge in [-0.1, -0.05) is 18.2 Å². The number of nitrogens with one attached hydrogen (secondary N) is 1. The van der Waals surface area contributed by atoms with Crippen molar-refractivity contribution < 1.29 is 18.8 Å². The molecule has 33 heavy (non-hydrogen) atoms. The summed E-state index contributed by atoms with van der Waals surface area (Å²) in [5, 5.41) is 2.27. The van der Waals surface area contributed by atoms with E-state index >= 15 is 0 Å². The summed E-state index contributed by atoms with van der Waals surface area (Å²) in [6, 6.07) is 8.84. The van der Waals surface area contributed by atoms with E-state index in [0.29, 0.717) is 16.9 Å². The van der Waals surface area contributed by atoms with E-state index in [1.54, 1.807) is 6.07 Å². The Morgan fingerprint density at radius 2 is 1.76 bits per heavy atom. The van der Waals surface area contributed by atoms with Crippen LogP contribution < -0.4 is 10.2 Å². The highest BCUT2D eigenvalue weighted by Gasteiger charge is 2.36. The number of hydrogen-bond acceptors (Lipinski definition) is 5. The van der Waals surface area contributed by atoms with E-state index in [4.69, 9.17) is 0 Å². The summed E-state index contributed by atoms with van der Waals surface area (Å²) in [7, 11) is 0. The van der Waals surface area contributed by atoms with E-state index in [1.807, 2.05) is 43.9 Å². The molecule has 4 rings (SSSR count). The van der Waals surface area contributed by atoms with Gasteiger partial charge in [-0.2, -0.15) is 0 Å². The van der Waals surface area contributed by atoms with Crippen LogP contribution in [0, 0.1) is 26.6 Å². The Labute approximate surface area is 196 Å². The summed E-state index contributed by atoms with van der Waals surface area (Å²) in [4.78, 5) is 41.0.